The van der Waals surface area contributed by atoms with E-state index < -0.39 is 0 Å². The lowest BCUT2D eigenvalue weighted by Crippen LogP contribution is -2.20. The summed E-state index contributed by atoms with van der Waals surface area (Å²) < 4.78 is 5.04. The lowest BCUT2D eigenvalue weighted by Gasteiger charge is -2.19. The van der Waals surface area contributed by atoms with Gasteiger partial charge in [0.1, 0.15) is 22.9 Å². The maximum absolute atomic E-state index is 11.8. The van der Waals surface area contributed by atoms with Gasteiger partial charge in [-0.2, -0.15) is 0 Å². The quantitative estimate of drug-likeness (QED) is 0.787. The molecule has 23 heavy (non-hydrogen) atoms. The van der Waals surface area contributed by atoms with Gasteiger partial charge in [0, 0.05) is 18.5 Å². The molecule has 0 unspecified atom stereocenters. The number of ether oxygens (including phenoxy) is 1. The molecule has 124 valence electrons. The van der Waals surface area contributed by atoms with E-state index in [9.17, 15) is 4.79 Å². The molecule has 0 aliphatic heterocycles. The Bertz CT molecular complexity index is 726. The summed E-state index contributed by atoms with van der Waals surface area (Å²) in [7, 11) is 2.04. The van der Waals surface area contributed by atoms with Crippen LogP contribution in [0, 0.1) is 0 Å². The van der Waals surface area contributed by atoms with Gasteiger partial charge in [-0.05, 0) is 45.1 Å². The van der Waals surface area contributed by atoms with Crippen molar-refractivity contribution in [1.82, 2.24) is 9.97 Å². The Morgan fingerprint density at radius 3 is 2.78 bits per heavy atom. The number of esters is 1. The number of nitrogens with zero attached hydrogens (tertiary/aromatic N) is 3. The first-order chi connectivity index (χ1) is 11.1. The first-order valence-electron chi connectivity index (χ1n) is 8.32. The van der Waals surface area contributed by atoms with Crippen molar-refractivity contribution in [2.24, 2.45) is 0 Å². The molecule has 2 aromatic rings. The number of thiophene rings is 1. The fraction of sp³-hybridized carbons (Fsp3) is 0.588. The van der Waals surface area contributed by atoms with E-state index in [1.54, 1.807) is 11.3 Å². The zero-order valence-corrected chi connectivity index (χ0v) is 14.8. The largest absolute Gasteiger partial charge is 0.466 e. The van der Waals surface area contributed by atoms with Gasteiger partial charge in [-0.3, -0.25) is 4.79 Å². The maximum Gasteiger partial charge on any atom is 0.313 e. The van der Waals surface area contributed by atoms with E-state index in [1.165, 1.54) is 28.7 Å². The maximum atomic E-state index is 11.8. The second-order valence-electron chi connectivity index (χ2n) is 5.85. The molecular formula is C17H23N3O2S. The van der Waals surface area contributed by atoms with Gasteiger partial charge in [-0.25, -0.2) is 9.97 Å². The van der Waals surface area contributed by atoms with Crippen molar-refractivity contribution >= 4 is 33.3 Å². The Morgan fingerprint density at radius 1 is 1.26 bits per heavy atom. The third-order valence-electron chi connectivity index (χ3n) is 4.29. The second-order valence-corrected chi connectivity index (χ2v) is 6.93. The normalized spacial score (nSPS) is 13.9. The van der Waals surface area contributed by atoms with Gasteiger partial charge in [-0.1, -0.05) is 0 Å². The van der Waals surface area contributed by atoms with Crippen molar-refractivity contribution in [2.45, 2.75) is 46.0 Å². The van der Waals surface area contributed by atoms with Crippen molar-refractivity contribution in [1.29, 1.82) is 0 Å². The summed E-state index contributed by atoms with van der Waals surface area (Å²) in [5.41, 5.74) is 1.43. The number of rotatable bonds is 5. The monoisotopic (exact) mass is 333 g/mol. The number of anilines is 1. The van der Waals surface area contributed by atoms with Gasteiger partial charge in [0.2, 0.25) is 0 Å². The molecule has 0 saturated heterocycles. The van der Waals surface area contributed by atoms with E-state index in [1.807, 2.05) is 14.0 Å². The molecule has 6 heteroatoms. The summed E-state index contributed by atoms with van der Waals surface area (Å²) in [6.45, 7) is 5.18. The Morgan fingerprint density at radius 2 is 2.04 bits per heavy atom. The van der Waals surface area contributed by atoms with Crippen LogP contribution >= 0.6 is 11.3 Å². The van der Waals surface area contributed by atoms with Crippen molar-refractivity contribution in [2.75, 3.05) is 25.1 Å². The van der Waals surface area contributed by atoms with E-state index in [0.717, 1.165) is 30.0 Å². The molecule has 0 saturated carbocycles. The van der Waals surface area contributed by atoms with E-state index in [-0.39, 0.29) is 12.4 Å². The average molecular weight is 333 g/mol. The predicted molar refractivity (Wildman–Crippen MR) is 93.3 cm³/mol. The van der Waals surface area contributed by atoms with Crippen LogP contribution in [0.15, 0.2) is 0 Å². The number of hydrogen-bond acceptors (Lipinski definition) is 6. The lowest BCUT2D eigenvalue weighted by molar-refractivity contribution is -0.142. The molecule has 1 aliphatic carbocycles. The smallest absolute Gasteiger partial charge is 0.313 e. The lowest BCUT2D eigenvalue weighted by atomic mass is 9.97. The van der Waals surface area contributed by atoms with Crippen LogP contribution < -0.4 is 4.90 Å². The Hall–Kier alpha value is -1.69. The standard InChI is InChI=1S/C17H23N3O2S/c1-4-20(3)16-15-11-8-6-7-9-12(11)23-17(15)19-13(18-16)10-14(21)22-5-2/h4-10H2,1-3H3. The third kappa shape index (κ3) is 3.17. The molecule has 0 amide bonds. The van der Waals surface area contributed by atoms with Crippen LogP contribution in [0.1, 0.15) is 43.0 Å². The van der Waals surface area contributed by atoms with Crippen LogP contribution in [0.3, 0.4) is 0 Å². The van der Waals surface area contributed by atoms with E-state index in [4.69, 9.17) is 9.72 Å². The molecule has 0 aromatic carbocycles. The number of aromatic nitrogens is 2. The summed E-state index contributed by atoms with van der Waals surface area (Å²) in [6, 6.07) is 0. The minimum atomic E-state index is -0.265. The third-order valence-corrected chi connectivity index (χ3v) is 5.47. The highest BCUT2D eigenvalue weighted by Crippen LogP contribution is 2.39. The van der Waals surface area contributed by atoms with Crippen molar-refractivity contribution in [3.05, 3.63) is 16.3 Å². The molecule has 0 atom stereocenters. The van der Waals surface area contributed by atoms with Gasteiger partial charge in [0.15, 0.2) is 0 Å². The minimum Gasteiger partial charge on any atom is -0.466 e. The number of fused-ring (bicyclic) bond motifs is 3. The van der Waals surface area contributed by atoms with Crippen LogP contribution in [0.4, 0.5) is 5.82 Å². The molecular weight excluding hydrogens is 310 g/mol. The molecule has 0 radical (unpaired) electrons. The SMILES string of the molecule is CCOC(=O)Cc1nc(N(C)CC)c2c3c(sc2n1)CCCC3. The van der Waals surface area contributed by atoms with Crippen LogP contribution in [-0.4, -0.2) is 36.1 Å². The highest BCUT2D eigenvalue weighted by molar-refractivity contribution is 7.19. The highest BCUT2D eigenvalue weighted by Gasteiger charge is 2.23. The van der Waals surface area contributed by atoms with E-state index in [0.29, 0.717) is 12.4 Å². The van der Waals surface area contributed by atoms with Crippen molar-refractivity contribution in [3.63, 3.8) is 0 Å². The molecule has 0 spiro atoms. The van der Waals surface area contributed by atoms with Gasteiger partial charge >= 0.3 is 5.97 Å². The van der Waals surface area contributed by atoms with E-state index in [2.05, 4.69) is 16.8 Å². The molecule has 1 aliphatic rings. The predicted octanol–water partition coefficient (Wildman–Crippen LogP) is 3.13. The van der Waals surface area contributed by atoms with Crippen LogP contribution in [0.5, 0.6) is 0 Å². The zero-order chi connectivity index (χ0) is 16.4. The first-order valence-corrected chi connectivity index (χ1v) is 9.13. The minimum absolute atomic E-state index is 0.136. The summed E-state index contributed by atoms with van der Waals surface area (Å²) in [4.78, 5) is 25.7. The summed E-state index contributed by atoms with van der Waals surface area (Å²) in [6.07, 6.45) is 4.87. The van der Waals surface area contributed by atoms with Crippen LogP contribution in [0.2, 0.25) is 0 Å². The van der Waals surface area contributed by atoms with Gasteiger partial charge < -0.3 is 9.64 Å². The fourth-order valence-corrected chi connectivity index (χ4v) is 4.30. The number of hydrogen-bond donors (Lipinski definition) is 0. The van der Waals surface area contributed by atoms with Gasteiger partial charge in [0.25, 0.3) is 0 Å². The number of carbonyl (C=O) groups excluding carboxylic acids is 1. The molecule has 2 aromatic heterocycles. The Labute approximate surface area is 140 Å². The molecule has 0 bridgehead atoms. The number of aryl methyl sites for hydroxylation is 2. The molecule has 0 N–H and O–H groups in total. The molecule has 3 rings (SSSR count). The molecule has 2 heterocycles. The fourth-order valence-electron chi connectivity index (χ4n) is 3.03. The van der Waals surface area contributed by atoms with Gasteiger partial charge in [0.05, 0.1) is 12.0 Å². The Kier molecular flexibility index (Phi) is 4.80. The van der Waals surface area contributed by atoms with Crippen LogP contribution in [0.25, 0.3) is 10.2 Å². The average Bonchev–Trinajstić information content (AvgIpc) is 2.91. The van der Waals surface area contributed by atoms with Crippen molar-refractivity contribution < 1.29 is 9.53 Å². The first kappa shape index (κ1) is 16.2. The topological polar surface area (TPSA) is 55.3 Å². The van der Waals surface area contributed by atoms with Crippen molar-refractivity contribution in [3.8, 4) is 0 Å². The van der Waals surface area contributed by atoms with Gasteiger partial charge in [-0.15, -0.1) is 11.3 Å². The highest BCUT2D eigenvalue weighted by atomic mass is 32.1. The molecule has 0 fully saturated rings. The number of carbonyl (C=O) groups is 1. The Balaban J connectivity index is 2.09. The van der Waals surface area contributed by atoms with Crippen LogP contribution in [-0.2, 0) is 28.8 Å². The van der Waals surface area contributed by atoms with E-state index >= 15 is 0 Å². The zero-order valence-electron chi connectivity index (χ0n) is 14.0. The summed E-state index contributed by atoms with van der Waals surface area (Å²) in [5, 5.41) is 1.20. The summed E-state index contributed by atoms with van der Waals surface area (Å²) in [5.74, 6) is 1.25. The molecule has 5 nitrogen and oxygen atoms in total. The second kappa shape index (κ2) is 6.83. The summed E-state index contributed by atoms with van der Waals surface area (Å²) >= 11 is 1.77.